The van der Waals surface area contributed by atoms with Crippen molar-refractivity contribution in [3.63, 3.8) is 0 Å². The molecule has 17 heavy (non-hydrogen) atoms. The molecule has 0 saturated carbocycles. The molecule has 1 aromatic rings. The minimum Gasteiger partial charge on any atom is -0.481 e. The van der Waals surface area contributed by atoms with Crippen molar-refractivity contribution in [2.45, 2.75) is 32.9 Å². The number of aliphatic hydroxyl groups is 1. The van der Waals surface area contributed by atoms with Gasteiger partial charge in [-0.05, 0) is 18.4 Å². The standard InChI is InChI=1S/C13H22N2O2/c1-10(2)12(6-8-16)15-9-11-5-4-7-14-13(11)17-3/h4-5,7,10,12,15-16H,6,8-9H2,1-3H3. The van der Waals surface area contributed by atoms with E-state index in [2.05, 4.69) is 24.1 Å². The average Bonchev–Trinajstić information content (AvgIpc) is 2.34. The molecule has 0 aliphatic carbocycles. The van der Waals surface area contributed by atoms with Crippen LogP contribution in [0, 0.1) is 5.92 Å². The van der Waals surface area contributed by atoms with Crippen LogP contribution in [0.4, 0.5) is 0 Å². The third kappa shape index (κ3) is 4.32. The number of rotatable bonds is 7. The van der Waals surface area contributed by atoms with Gasteiger partial charge in [-0.1, -0.05) is 19.9 Å². The number of ether oxygens (including phenoxy) is 1. The topological polar surface area (TPSA) is 54.4 Å². The molecule has 4 heteroatoms. The molecular formula is C13H22N2O2. The number of aliphatic hydroxyl groups excluding tert-OH is 1. The lowest BCUT2D eigenvalue weighted by atomic mass is 10.0. The molecule has 1 heterocycles. The number of methoxy groups -OCH3 is 1. The largest absolute Gasteiger partial charge is 0.481 e. The van der Waals surface area contributed by atoms with Gasteiger partial charge in [0.2, 0.25) is 5.88 Å². The van der Waals surface area contributed by atoms with Crippen LogP contribution in [0.25, 0.3) is 0 Å². The maximum atomic E-state index is 9.01. The highest BCUT2D eigenvalue weighted by molar-refractivity contribution is 5.25. The minimum absolute atomic E-state index is 0.208. The van der Waals surface area contributed by atoms with Crippen LogP contribution in [-0.4, -0.2) is 29.8 Å². The molecule has 2 N–H and O–H groups in total. The van der Waals surface area contributed by atoms with Crippen LogP contribution in [0.2, 0.25) is 0 Å². The quantitative estimate of drug-likeness (QED) is 0.757. The zero-order chi connectivity index (χ0) is 12.7. The van der Waals surface area contributed by atoms with Gasteiger partial charge in [-0.3, -0.25) is 0 Å². The van der Waals surface area contributed by atoms with Crippen LogP contribution in [0.1, 0.15) is 25.8 Å². The lowest BCUT2D eigenvalue weighted by Crippen LogP contribution is -2.34. The SMILES string of the molecule is COc1ncccc1CNC(CCO)C(C)C. The number of nitrogens with one attached hydrogen (secondary N) is 1. The average molecular weight is 238 g/mol. The maximum absolute atomic E-state index is 9.01. The van der Waals surface area contributed by atoms with E-state index in [1.54, 1.807) is 13.3 Å². The number of hydrogen-bond donors (Lipinski definition) is 2. The van der Waals surface area contributed by atoms with Crippen LogP contribution in [-0.2, 0) is 6.54 Å². The monoisotopic (exact) mass is 238 g/mol. The van der Waals surface area contributed by atoms with E-state index in [1.807, 2.05) is 12.1 Å². The van der Waals surface area contributed by atoms with Gasteiger partial charge in [0.25, 0.3) is 0 Å². The van der Waals surface area contributed by atoms with E-state index >= 15 is 0 Å². The minimum atomic E-state index is 0.208. The molecule has 1 unspecified atom stereocenters. The summed E-state index contributed by atoms with van der Waals surface area (Å²) in [5.41, 5.74) is 1.04. The van der Waals surface area contributed by atoms with Gasteiger partial charge in [0.15, 0.2) is 0 Å². The van der Waals surface area contributed by atoms with Crippen molar-refractivity contribution in [1.29, 1.82) is 0 Å². The Bertz CT molecular complexity index is 329. The lowest BCUT2D eigenvalue weighted by molar-refractivity contribution is 0.243. The molecule has 0 aliphatic heterocycles. The Balaban J connectivity index is 2.58. The van der Waals surface area contributed by atoms with Gasteiger partial charge in [-0.25, -0.2) is 4.98 Å². The molecule has 0 spiro atoms. The molecule has 1 atom stereocenters. The predicted octanol–water partition coefficient (Wildman–Crippen LogP) is 1.59. The normalized spacial score (nSPS) is 12.8. The van der Waals surface area contributed by atoms with Crippen LogP contribution >= 0.6 is 0 Å². The van der Waals surface area contributed by atoms with Crippen LogP contribution in [0.3, 0.4) is 0 Å². The van der Waals surface area contributed by atoms with Crippen molar-refractivity contribution >= 4 is 0 Å². The second-order valence-electron chi connectivity index (χ2n) is 4.42. The van der Waals surface area contributed by atoms with Gasteiger partial charge in [-0.15, -0.1) is 0 Å². The van der Waals surface area contributed by atoms with E-state index in [0.29, 0.717) is 24.4 Å². The fourth-order valence-corrected chi connectivity index (χ4v) is 1.79. The summed E-state index contributed by atoms with van der Waals surface area (Å²) in [7, 11) is 1.62. The van der Waals surface area contributed by atoms with Crippen LogP contribution < -0.4 is 10.1 Å². The van der Waals surface area contributed by atoms with E-state index in [4.69, 9.17) is 9.84 Å². The Morgan fingerprint density at radius 2 is 2.24 bits per heavy atom. The van der Waals surface area contributed by atoms with E-state index in [0.717, 1.165) is 12.0 Å². The van der Waals surface area contributed by atoms with Gasteiger partial charge in [0.1, 0.15) is 0 Å². The number of hydrogen-bond acceptors (Lipinski definition) is 4. The van der Waals surface area contributed by atoms with Crippen molar-refractivity contribution in [2.24, 2.45) is 5.92 Å². The summed E-state index contributed by atoms with van der Waals surface area (Å²) in [4.78, 5) is 4.15. The summed E-state index contributed by atoms with van der Waals surface area (Å²) >= 11 is 0. The first-order valence-electron chi connectivity index (χ1n) is 6.01. The van der Waals surface area contributed by atoms with E-state index in [1.165, 1.54) is 0 Å². The fraction of sp³-hybridized carbons (Fsp3) is 0.615. The predicted molar refractivity (Wildman–Crippen MR) is 68.0 cm³/mol. The highest BCUT2D eigenvalue weighted by Crippen LogP contribution is 2.14. The molecule has 0 amide bonds. The first-order valence-corrected chi connectivity index (χ1v) is 6.01. The third-order valence-corrected chi connectivity index (χ3v) is 2.84. The van der Waals surface area contributed by atoms with Crippen molar-refractivity contribution in [1.82, 2.24) is 10.3 Å². The second kappa shape index (κ2) is 7.25. The Hall–Kier alpha value is -1.13. The van der Waals surface area contributed by atoms with Gasteiger partial charge in [-0.2, -0.15) is 0 Å². The third-order valence-electron chi connectivity index (χ3n) is 2.84. The molecule has 4 nitrogen and oxygen atoms in total. The van der Waals surface area contributed by atoms with Crippen molar-refractivity contribution in [2.75, 3.05) is 13.7 Å². The van der Waals surface area contributed by atoms with Crippen molar-refractivity contribution in [3.8, 4) is 5.88 Å². The first kappa shape index (κ1) is 13.9. The fourth-order valence-electron chi connectivity index (χ4n) is 1.79. The zero-order valence-electron chi connectivity index (χ0n) is 10.8. The van der Waals surface area contributed by atoms with Gasteiger partial charge in [0.05, 0.1) is 7.11 Å². The van der Waals surface area contributed by atoms with E-state index in [-0.39, 0.29) is 6.61 Å². The molecule has 1 aromatic heterocycles. The maximum Gasteiger partial charge on any atom is 0.217 e. The summed E-state index contributed by atoms with van der Waals surface area (Å²) in [6.45, 7) is 5.21. The summed E-state index contributed by atoms with van der Waals surface area (Å²) in [6, 6.07) is 4.20. The summed E-state index contributed by atoms with van der Waals surface area (Å²) in [5, 5.41) is 12.4. The Kier molecular flexibility index (Phi) is 5.94. The number of pyridine rings is 1. The van der Waals surface area contributed by atoms with E-state index < -0.39 is 0 Å². The molecule has 0 saturated heterocycles. The van der Waals surface area contributed by atoms with Gasteiger partial charge < -0.3 is 15.2 Å². The van der Waals surface area contributed by atoms with Gasteiger partial charge >= 0.3 is 0 Å². The number of aromatic nitrogens is 1. The zero-order valence-corrected chi connectivity index (χ0v) is 10.8. The number of nitrogens with zero attached hydrogens (tertiary/aromatic N) is 1. The molecule has 1 rings (SSSR count). The Morgan fingerprint density at radius 1 is 1.47 bits per heavy atom. The summed E-state index contributed by atoms with van der Waals surface area (Å²) in [6.07, 6.45) is 2.48. The molecule has 0 bridgehead atoms. The summed E-state index contributed by atoms with van der Waals surface area (Å²) in [5.74, 6) is 1.15. The Morgan fingerprint density at radius 3 is 2.82 bits per heavy atom. The highest BCUT2D eigenvalue weighted by atomic mass is 16.5. The lowest BCUT2D eigenvalue weighted by Gasteiger charge is -2.21. The van der Waals surface area contributed by atoms with Crippen molar-refractivity contribution < 1.29 is 9.84 Å². The van der Waals surface area contributed by atoms with Crippen molar-refractivity contribution in [3.05, 3.63) is 23.9 Å². The second-order valence-corrected chi connectivity index (χ2v) is 4.42. The smallest absolute Gasteiger partial charge is 0.217 e. The first-order chi connectivity index (χ1) is 8.19. The molecule has 96 valence electrons. The molecule has 0 fully saturated rings. The van der Waals surface area contributed by atoms with Gasteiger partial charge in [0, 0.05) is 31.0 Å². The molecule has 0 aliphatic rings. The highest BCUT2D eigenvalue weighted by Gasteiger charge is 2.13. The molecular weight excluding hydrogens is 216 g/mol. The van der Waals surface area contributed by atoms with Crippen LogP contribution in [0.15, 0.2) is 18.3 Å². The van der Waals surface area contributed by atoms with E-state index in [9.17, 15) is 0 Å². The molecule has 0 radical (unpaired) electrons. The summed E-state index contributed by atoms with van der Waals surface area (Å²) < 4.78 is 5.20. The van der Waals surface area contributed by atoms with Crippen LogP contribution in [0.5, 0.6) is 5.88 Å². The Labute approximate surface area is 103 Å². The molecule has 0 aromatic carbocycles.